The minimum absolute atomic E-state index is 0.124. The second-order valence-electron chi connectivity index (χ2n) is 7.52. The minimum atomic E-state index is -3.33. The Morgan fingerprint density at radius 3 is 2.27 bits per heavy atom. The van der Waals surface area contributed by atoms with Gasteiger partial charge in [-0.1, -0.05) is 29.8 Å². The van der Waals surface area contributed by atoms with E-state index in [1.807, 2.05) is 6.07 Å². The van der Waals surface area contributed by atoms with Crippen LogP contribution in [0.3, 0.4) is 0 Å². The maximum atomic E-state index is 12.4. The third kappa shape index (κ3) is 5.90. The van der Waals surface area contributed by atoms with Crippen molar-refractivity contribution >= 4 is 21.7 Å². The molecule has 1 aliphatic rings. The van der Waals surface area contributed by atoms with Crippen molar-refractivity contribution in [2.45, 2.75) is 18.4 Å². The lowest BCUT2D eigenvalue weighted by Gasteiger charge is -2.34. The second-order valence-corrected chi connectivity index (χ2v) is 9.53. The Balaban J connectivity index is 1.45. The number of sulfone groups is 1. The van der Waals surface area contributed by atoms with Gasteiger partial charge < -0.3 is 9.64 Å². The van der Waals surface area contributed by atoms with E-state index >= 15 is 0 Å². The fraction of sp³-hybridized carbons (Fsp3) is 0.364. The van der Waals surface area contributed by atoms with E-state index in [1.165, 1.54) is 35.4 Å². The van der Waals surface area contributed by atoms with Crippen LogP contribution in [-0.2, 0) is 25.9 Å². The van der Waals surface area contributed by atoms with Gasteiger partial charge in [0.05, 0.1) is 10.5 Å². The van der Waals surface area contributed by atoms with Crippen molar-refractivity contribution in [3.8, 4) is 0 Å². The van der Waals surface area contributed by atoms with E-state index < -0.39 is 15.8 Å². The van der Waals surface area contributed by atoms with Gasteiger partial charge in [-0.25, -0.2) is 13.2 Å². The molecule has 8 heteroatoms. The number of nitrogens with zero attached hydrogens (tertiary/aromatic N) is 2. The molecule has 1 saturated heterocycles. The van der Waals surface area contributed by atoms with E-state index in [-0.39, 0.29) is 23.0 Å². The maximum Gasteiger partial charge on any atom is 0.338 e. The first kappa shape index (κ1) is 22.0. The van der Waals surface area contributed by atoms with Gasteiger partial charge in [-0.2, -0.15) is 0 Å². The molecule has 0 aromatic heterocycles. The summed E-state index contributed by atoms with van der Waals surface area (Å²) in [5.74, 6) is -0.882. The molecule has 7 nitrogen and oxygen atoms in total. The average Bonchev–Trinajstić information content (AvgIpc) is 2.72. The molecule has 2 aromatic carbocycles. The molecule has 0 aliphatic carbocycles. The molecular weight excluding hydrogens is 404 g/mol. The van der Waals surface area contributed by atoms with E-state index in [0.717, 1.165) is 25.9 Å². The number of aryl methyl sites for hydroxylation is 1. The van der Waals surface area contributed by atoms with Crippen LogP contribution in [0.4, 0.5) is 0 Å². The Hall–Kier alpha value is -2.71. The third-order valence-corrected chi connectivity index (χ3v) is 6.19. The molecule has 0 bridgehead atoms. The molecule has 30 heavy (non-hydrogen) atoms. The summed E-state index contributed by atoms with van der Waals surface area (Å²) in [4.78, 5) is 28.6. The van der Waals surface area contributed by atoms with Crippen molar-refractivity contribution in [1.82, 2.24) is 9.80 Å². The molecular formula is C22H26N2O5S. The van der Waals surface area contributed by atoms with Crippen molar-refractivity contribution in [2.75, 3.05) is 39.0 Å². The van der Waals surface area contributed by atoms with Gasteiger partial charge in [-0.3, -0.25) is 9.69 Å². The van der Waals surface area contributed by atoms with Crippen LogP contribution >= 0.6 is 0 Å². The lowest BCUT2D eigenvalue weighted by atomic mass is 10.1. The van der Waals surface area contributed by atoms with Gasteiger partial charge in [0.25, 0.3) is 5.91 Å². The van der Waals surface area contributed by atoms with E-state index in [0.29, 0.717) is 13.1 Å². The highest BCUT2D eigenvalue weighted by atomic mass is 32.2. The minimum Gasteiger partial charge on any atom is -0.452 e. The van der Waals surface area contributed by atoms with Crippen molar-refractivity contribution < 1.29 is 22.7 Å². The van der Waals surface area contributed by atoms with Crippen LogP contribution in [-0.4, -0.2) is 69.1 Å². The Bertz CT molecular complexity index is 1010. The number of carbonyl (C=O) groups excluding carboxylic acids is 2. The van der Waals surface area contributed by atoms with Gasteiger partial charge in [0.15, 0.2) is 16.4 Å². The van der Waals surface area contributed by atoms with Gasteiger partial charge in [0.1, 0.15) is 0 Å². The SMILES string of the molecule is Cc1cccc(CN2CCN(C(=O)COC(=O)c3ccc(S(C)(=O)=O)cc3)CC2)c1. The predicted molar refractivity (Wildman–Crippen MR) is 113 cm³/mol. The average molecular weight is 431 g/mol. The van der Waals surface area contributed by atoms with Crippen LogP contribution in [0.1, 0.15) is 21.5 Å². The number of amides is 1. The topological polar surface area (TPSA) is 84.0 Å². The number of hydrogen-bond donors (Lipinski definition) is 0. The summed E-state index contributed by atoms with van der Waals surface area (Å²) < 4.78 is 28.1. The van der Waals surface area contributed by atoms with Crippen molar-refractivity contribution in [1.29, 1.82) is 0 Å². The zero-order valence-electron chi connectivity index (χ0n) is 17.2. The monoisotopic (exact) mass is 430 g/mol. The van der Waals surface area contributed by atoms with Gasteiger partial charge >= 0.3 is 5.97 Å². The van der Waals surface area contributed by atoms with Gasteiger partial charge in [0, 0.05) is 39.0 Å². The summed E-state index contributed by atoms with van der Waals surface area (Å²) in [7, 11) is -3.33. The highest BCUT2D eigenvalue weighted by Crippen LogP contribution is 2.13. The molecule has 0 saturated carbocycles. The molecule has 1 amide bonds. The summed E-state index contributed by atoms with van der Waals surface area (Å²) >= 11 is 0. The molecule has 0 unspecified atom stereocenters. The first-order valence-corrected chi connectivity index (χ1v) is 11.6. The van der Waals surface area contributed by atoms with Gasteiger partial charge in [0.2, 0.25) is 0 Å². The molecule has 1 aliphatic heterocycles. The zero-order valence-corrected chi connectivity index (χ0v) is 18.0. The lowest BCUT2D eigenvalue weighted by Crippen LogP contribution is -2.49. The van der Waals surface area contributed by atoms with E-state index in [9.17, 15) is 18.0 Å². The molecule has 160 valence electrons. The Kier molecular flexibility index (Phi) is 6.89. The van der Waals surface area contributed by atoms with Crippen LogP contribution in [0.2, 0.25) is 0 Å². The van der Waals surface area contributed by atoms with E-state index in [2.05, 4.69) is 30.0 Å². The number of ether oxygens (including phenoxy) is 1. The lowest BCUT2D eigenvalue weighted by molar-refractivity contribution is -0.136. The number of esters is 1. The number of piperazine rings is 1. The van der Waals surface area contributed by atoms with Crippen LogP contribution in [0, 0.1) is 6.92 Å². The number of benzene rings is 2. The Labute approximate surface area is 177 Å². The molecule has 1 heterocycles. The van der Waals surface area contributed by atoms with E-state index in [1.54, 1.807) is 4.90 Å². The largest absolute Gasteiger partial charge is 0.452 e. The maximum absolute atomic E-state index is 12.4. The highest BCUT2D eigenvalue weighted by Gasteiger charge is 2.22. The van der Waals surface area contributed by atoms with Crippen LogP contribution in [0.15, 0.2) is 53.4 Å². The zero-order chi connectivity index (χ0) is 21.7. The number of carbonyl (C=O) groups is 2. The summed E-state index contributed by atoms with van der Waals surface area (Å²) in [6.45, 7) is 5.30. The molecule has 0 radical (unpaired) electrons. The number of hydrogen-bond acceptors (Lipinski definition) is 6. The predicted octanol–water partition coefficient (Wildman–Crippen LogP) is 1.90. The Morgan fingerprint density at radius 2 is 1.67 bits per heavy atom. The van der Waals surface area contributed by atoms with E-state index in [4.69, 9.17) is 4.74 Å². The molecule has 3 rings (SSSR count). The van der Waals surface area contributed by atoms with Crippen molar-refractivity contribution in [3.63, 3.8) is 0 Å². The molecule has 0 atom stereocenters. The third-order valence-electron chi connectivity index (χ3n) is 5.06. The Morgan fingerprint density at radius 1 is 1.00 bits per heavy atom. The molecule has 2 aromatic rings. The summed E-state index contributed by atoms with van der Waals surface area (Å²) in [5.41, 5.74) is 2.69. The smallest absolute Gasteiger partial charge is 0.338 e. The summed E-state index contributed by atoms with van der Waals surface area (Å²) in [6, 6.07) is 13.9. The molecule has 1 fully saturated rings. The second kappa shape index (κ2) is 9.40. The van der Waals surface area contributed by atoms with Crippen molar-refractivity contribution in [3.05, 3.63) is 65.2 Å². The number of rotatable bonds is 6. The van der Waals surface area contributed by atoms with Crippen LogP contribution in [0.25, 0.3) is 0 Å². The van der Waals surface area contributed by atoms with Crippen LogP contribution < -0.4 is 0 Å². The fourth-order valence-electron chi connectivity index (χ4n) is 3.36. The summed E-state index contributed by atoms with van der Waals surface area (Å²) in [5, 5.41) is 0. The van der Waals surface area contributed by atoms with Crippen LogP contribution in [0.5, 0.6) is 0 Å². The molecule has 0 spiro atoms. The van der Waals surface area contributed by atoms with Gasteiger partial charge in [-0.15, -0.1) is 0 Å². The highest BCUT2D eigenvalue weighted by molar-refractivity contribution is 7.90. The first-order valence-electron chi connectivity index (χ1n) is 9.75. The van der Waals surface area contributed by atoms with Crippen molar-refractivity contribution in [2.24, 2.45) is 0 Å². The van der Waals surface area contributed by atoms with Gasteiger partial charge in [-0.05, 0) is 36.8 Å². The normalized spacial score (nSPS) is 15.1. The first-order chi connectivity index (χ1) is 14.2. The fourth-order valence-corrected chi connectivity index (χ4v) is 3.99. The standard InChI is InChI=1S/C22H26N2O5S/c1-17-4-3-5-18(14-17)15-23-10-12-24(13-11-23)21(25)16-29-22(26)19-6-8-20(9-7-19)30(2,27)28/h3-9,14H,10-13,15-16H2,1-2H3. The quantitative estimate of drug-likeness (QED) is 0.651. The summed E-state index contributed by atoms with van der Waals surface area (Å²) in [6.07, 6.45) is 1.10. The molecule has 0 N–H and O–H groups in total.